The van der Waals surface area contributed by atoms with E-state index in [4.69, 9.17) is 10.7 Å². The van der Waals surface area contributed by atoms with Crippen LogP contribution in [0.3, 0.4) is 0 Å². The summed E-state index contributed by atoms with van der Waals surface area (Å²) < 4.78 is 2.26. The van der Waals surface area contributed by atoms with Crippen molar-refractivity contribution in [2.24, 2.45) is 5.73 Å². The quantitative estimate of drug-likeness (QED) is 0.324. The van der Waals surface area contributed by atoms with E-state index in [1.165, 1.54) is 5.56 Å². The molecule has 4 aromatic carbocycles. The van der Waals surface area contributed by atoms with Crippen molar-refractivity contribution < 1.29 is 0 Å². The molecule has 3 heteroatoms. The fraction of sp³-hybridized carbons (Fsp3) is 0.100. The van der Waals surface area contributed by atoms with Gasteiger partial charge in [-0.05, 0) is 28.7 Å². The van der Waals surface area contributed by atoms with Crippen LogP contribution in [-0.4, -0.2) is 9.55 Å². The van der Waals surface area contributed by atoms with Crippen LogP contribution in [0.4, 0.5) is 0 Å². The molecule has 0 aliphatic carbocycles. The Bertz CT molecular complexity index is 1180. The Hall–Kier alpha value is -3.95. The van der Waals surface area contributed by atoms with Gasteiger partial charge in [0.1, 0.15) is 11.4 Å². The van der Waals surface area contributed by atoms with Gasteiger partial charge in [-0.3, -0.25) is 0 Å². The molecule has 1 unspecified atom stereocenters. The minimum Gasteiger partial charge on any atom is -0.321 e. The first kappa shape index (κ1) is 20.9. The maximum atomic E-state index is 6.82. The third kappa shape index (κ3) is 3.88. The largest absolute Gasteiger partial charge is 0.321 e. The van der Waals surface area contributed by atoms with Crippen molar-refractivity contribution in [2.45, 2.75) is 18.0 Å². The number of rotatable bonds is 7. The van der Waals surface area contributed by atoms with E-state index in [-0.39, 0.29) is 6.04 Å². The lowest BCUT2D eigenvalue weighted by molar-refractivity contribution is 0.469. The van der Waals surface area contributed by atoms with Crippen LogP contribution in [0, 0.1) is 0 Å². The first-order valence-corrected chi connectivity index (χ1v) is 11.3. The minimum atomic E-state index is -0.607. The van der Waals surface area contributed by atoms with Crippen LogP contribution in [0.2, 0.25) is 0 Å². The molecule has 5 aromatic rings. The Morgan fingerprint density at radius 2 is 1.06 bits per heavy atom. The normalized spacial score (nSPS) is 12.4. The molecule has 33 heavy (non-hydrogen) atoms. The van der Waals surface area contributed by atoms with Crippen LogP contribution in [0.15, 0.2) is 134 Å². The van der Waals surface area contributed by atoms with Crippen molar-refractivity contribution in [2.75, 3.05) is 0 Å². The summed E-state index contributed by atoms with van der Waals surface area (Å²) in [6.07, 6.45) is 4.64. The number of hydrogen-bond acceptors (Lipinski definition) is 2. The van der Waals surface area contributed by atoms with Gasteiger partial charge >= 0.3 is 0 Å². The number of nitrogens with zero attached hydrogens (tertiary/aromatic N) is 2. The predicted molar refractivity (Wildman–Crippen MR) is 134 cm³/mol. The fourth-order valence-corrected chi connectivity index (χ4v) is 4.79. The molecule has 1 heterocycles. The van der Waals surface area contributed by atoms with Crippen molar-refractivity contribution in [3.05, 3.63) is 162 Å². The highest BCUT2D eigenvalue weighted by molar-refractivity contribution is 5.51. The molecule has 5 rings (SSSR count). The molecule has 1 atom stereocenters. The zero-order chi connectivity index (χ0) is 22.5. The smallest absolute Gasteiger partial charge is 0.127 e. The molecular weight excluding hydrogens is 402 g/mol. The third-order valence-corrected chi connectivity index (χ3v) is 6.24. The van der Waals surface area contributed by atoms with E-state index in [1.807, 2.05) is 12.3 Å². The summed E-state index contributed by atoms with van der Waals surface area (Å²) in [5.74, 6) is 0.857. The maximum Gasteiger partial charge on any atom is 0.127 e. The van der Waals surface area contributed by atoms with Gasteiger partial charge in [-0.2, -0.15) is 0 Å². The Morgan fingerprint density at radius 3 is 1.52 bits per heavy atom. The van der Waals surface area contributed by atoms with Gasteiger partial charge in [-0.15, -0.1) is 0 Å². The highest BCUT2D eigenvalue weighted by Crippen LogP contribution is 2.42. The molecule has 2 N–H and O–H groups in total. The van der Waals surface area contributed by atoms with Gasteiger partial charge < -0.3 is 10.3 Å². The van der Waals surface area contributed by atoms with Gasteiger partial charge in [0.05, 0.1) is 6.04 Å². The van der Waals surface area contributed by atoms with Crippen molar-refractivity contribution >= 4 is 0 Å². The van der Waals surface area contributed by atoms with E-state index in [0.29, 0.717) is 6.42 Å². The number of nitrogens with two attached hydrogens (primary N) is 1. The lowest BCUT2D eigenvalue weighted by atomic mass is 9.76. The Kier molecular flexibility index (Phi) is 5.88. The van der Waals surface area contributed by atoms with Crippen LogP contribution in [0.1, 0.15) is 34.1 Å². The average molecular weight is 430 g/mol. The van der Waals surface area contributed by atoms with E-state index in [1.54, 1.807) is 0 Å². The van der Waals surface area contributed by atoms with E-state index in [9.17, 15) is 0 Å². The van der Waals surface area contributed by atoms with Gasteiger partial charge in [0.15, 0.2) is 0 Å². The van der Waals surface area contributed by atoms with E-state index >= 15 is 0 Å². The summed E-state index contributed by atoms with van der Waals surface area (Å²) in [6.45, 7) is 0. The second-order valence-electron chi connectivity index (χ2n) is 8.26. The van der Waals surface area contributed by atoms with Crippen molar-refractivity contribution in [3.8, 4) is 0 Å². The average Bonchev–Trinajstić information content (AvgIpc) is 3.38. The van der Waals surface area contributed by atoms with Gasteiger partial charge in [0, 0.05) is 12.4 Å². The summed E-state index contributed by atoms with van der Waals surface area (Å²) in [6, 6.07) is 42.0. The summed E-state index contributed by atoms with van der Waals surface area (Å²) in [5.41, 5.74) is 10.9. The molecule has 0 spiro atoms. The zero-order valence-electron chi connectivity index (χ0n) is 18.5. The Morgan fingerprint density at radius 1 is 0.636 bits per heavy atom. The fourth-order valence-electron chi connectivity index (χ4n) is 4.79. The molecule has 0 radical (unpaired) electrons. The molecule has 0 saturated carbocycles. The molecule has 0 bridgehead atoms. The van der Waals surface area contributed by atoms with E-state index in [2.05, 4.69) is 126 Å². The summed E-state index contributed by atoms with van der Waals surface area (Å²) in [7, 11) is 0. The van der Waals surface area contributed by atoms with Crippen LogP contribution < -0.4 is 5.73 Å². The standard InChI is InChI=1S/C30H27N3/c31-28(23-24-13-5-1-6-14-24)29-32-21-22-33(29)30(25-15-7-2-8-16-25,26-17-9-3-10-18-26)27-19-11-4-12-20-27/h1-22,28H,23,31H2. The second kappa shape index (κ2) is 9.27. The number of aromatic nitrogens is 2. The summed E-state index contributed by atoms with van der Waals surface area (Å²) in [5, 5.41) is 0. The maximum absolute atomic E-state index is 6.82. The van der Waals surface area contributed by atoms with Crippen molar-refractivity contribution in [1.29, 1.82) is 0 Å². The summed E-state index contributed by atoms with van der Waals surface area (Å²) >= 11 is 0. The van der Waals surface area contributed by atoms with Crippen LogP contribution in [0.25, 0.3) is 0 Å². The van der Waals surface area contributed by atoms with Gasteiger partial charge in [0.25, 0.3) is 0 Å². The summed E-state index contributed by atoms with van der Waals surface area (Å²) in [4.78, 5) is 4.79. The number of benzene rings is 4. The van der Waals surface area contributed by atoms with Crippen molar-refractivity contribution in [3.63, 3.8) is 0 Å². The molecule has 162 valence electrons. The van der Waals surface area contributed by atoms with Crippen molar-refractivity contribution in [1.82, 2.24) is 9.55 Å². The van der Waals surface area contributed by atoms with Crippen LogP contribution in [0.5, 0.6) is 0 Å². The van der Waals surface area contributed by atoms with Gasteiger partial charge in [-0.25, -0.2) is 4.98 Å². The topological polar surface area (TPSA) is 43.8 Å². The molecule has 0 aliphatic rings. The van der Waals surface area contributed by atoms with Crippen LogP contribution >= 0.6 is 0 Å². The first-order valence-electron chi connectivity index (χ1n) is 11.3. The number of hydrogen-bond donors (Lipinski definition) is 1. The lowest BCUT2D eigenvalue weighted by Gasteiger charge is -2.39. The molecule has 1 aromatic heterocycles. The zero-order valence-corrected chi connectivity index (χ0v) is 18.5. The Labute approximate surface area is 195 Å². The molecular formula is C30H27N3. The molecule has 0 amide bonds. The SMILES string of the molecule is NC(Cc1ccccc1)c1nccn1C(c1ccccc1)(c1ccccc1)c1ccccc1. The highest BCUT2D eigenvalue weighted by Gasteiger charge is 2.40. The monoisotopic (exact) mass is 429 g/mol. The second-order valence-corrected chi connectivity index (χ2v) is 8.26. The van der Waals surface area contributed by atoms with E-state index < -0.39 is 5.54 Å². The third-order valence-electron chi connectivity index (χ3n) is 6.24. The predicted octanol–water partition coefficient (Wildman–Crippen LogP) is 5.97. The molecule has 0 aliphatic heterocycles. The number of imidazole rings is 1. The molecule has 0 saturated heterocycles. The van der Waals surface area contributed by atoms with Gasteiger partial charge in [-0.1, -0.05) is 121 Å². The molecule has 3 nitrogen and oxygen atoms in total. The van der Waals surface area contributed by atoms with Gasteiger partial charge in [0.2, 0.25) is 0 Å². The molecule has 0 fully saturated rings. The minimum absolute atomic E-state index is 0.252. The van der Waals surface area contributed by atoms with Crippen LogP contribution in [-0.2, 0) is 12.0 Å². The Balaban J connectivity index is 1.76. The van der Waals surface area contributed by atoms with E-state index in [0.717, 1.165) is 22.5 Å². The lowest BCUT2D eigenvalue weighted by Crippen LogP contribution is -2.40. The first-order chi connectivity index (χ1) is 16.3. The highest BCUT2D eigenvalue weighted by atomic mass is 15.1.